The van der Waals surface area contributed by atoms with Gasteiger partial charge in [-0.3, -0.25) is 9.88 Å². The standard InChI is InChI=1S/C29H30F2N2O4/c1-16-8-9-33(14-16)17(2)15-36-21-5-6-24(32-13-21)29-27(19-10-23(30)28(31)25(35)11-19)18(3)22-12-20(34)4-7-26(22)37-29/h4-7,10-13,16-17,29,34-35H,8-9,14-15H2,1-3H3/t16-,17+,29?/m1/s1. The molecule has 2 N–H and O–H groups in total. The number of ether oxygens (including phenoxy) is 2. The minimum atomic E-state index is -1.31. The van der Waals surface area contributed by atoms with E-state index in [4.69, 9.17) is 9.47 Å². The van der Waals surface area contributed by atoms with Crippen LogP contribution in [0.3, 0.4) is 0 Å². The maximum Gasteiger partial charge on any atom is 0.200 e. The fraction of sp³-hybridized carbons (Fsp3) is 0.345. The largest absolute Gasteiger partial charge is 0.508 e. The number of nitrogens with zero attached hydrogens (tertiary/aromatic N) is 2. The van der Waals surface area contributed by atoms with Gasteiger partial charge < -0.3 is 19.7 Å². The Labute approximate surface area is 214 Å². The molecule has 2 aliphatic rings. The second-order valence-corrected chi connectivity index (χ2v) is 9.98. The maximum absolute atomic E-state index is 14.3. The Bertz CT molecular complexity index is 1320. The summed E-state index contributed by atoms with van der Waals surface area (Å²) in [7, 11) is 0. The molecule has 0 saturated carbocycles. The van der Waals surface area contributed by atoms with Gasteiger partial charge in [-0.25, -0.2) is 4.39 Å². The van der Waals surface area contributed by atoms with Crippen LogP contribution in [0.15, 0.2) is 48.7 Å². The van der Waals surface area contributed by atoms with Gasteiger partial charge in [0.15, 0.2) is 23.5 Å². The molecule has 1 saturated heterocycles. The highest BCUT2D eigenvalue weighted by Crippen LogP contribution is 2.47. The van der Waals surface area contributed by atoms with Crippen LogP contribution < -0.4 is 9.47 Å². The highest BCUT2D eigenvalue weighted by molar-refractivity contribution is 5.95. The number of aromatic hydroxyl groups is 2. The number of phenols is 2. The summed E-state index contributed by atoms with van der Waals surface area (Å²) in [6.07, 6.45) is 2.07. The number of rotatable bonds is 6. The highest BCUT2D eigenvalue weighted by atomic mass is 19.2. The van der Waals surface area contributed by atoms with E-state index in [9.17, 15) is 19.0 Å². The fourth-order valence-corrected chi connectivity index (χ4v) is 5.07. The Balaban J connectivity index is 1.44. The van der Waals surface area contributed by atoms with Gasteiger partial charge in [-0.1, -0.05) is 6.92 Å². The Morgan fingerprint density at radius 1 is 1.16 bits per heavy atom. The first-order chi connectivity index (χ1) is 17.7. The van der Waals surface area contributed by atoms with Crippen molar-refractivity contribution in [3.05, 3.63) is 77.1 Å². The molecular weight excluding hydrogens is 478 g/mol. The molecule has 0 spiro atoms. The second-order valence-electron chi connectivity index (χ2n) is 9.98. The molecule has 37 heavy (non-hydrogen) atoms. The monoisotopic (exact) mass is 508 g/mol. The number of likely N-dealkylation sites (tertiary alicyclic amines) is 1. The zero-order valence-electron chi connectivity index (χ0n) is 21.0. The molecule has 1 aromatic heterocycles. The molecule has 8 heteroatoms. The molecule has 3 heterocycles. The summed E-state index contributed by atoms with van der Waals surface area (Å²) in [5, 5.41) is 20.0. The van der Waals surface area contributed by atoms with Crippen molar-refractivity contribution in [1.82, 2.24) is 9.88 Å². The lowest BCUT2D eigenvalue weighted by Crippen LogP contribution is -2.35. The van der Waals surface area contributed by atoms with E-state index in [1.165, 1.54) is 18.6 Å². The van der Waals surface area contributed by atoms with Crippen molar-refractivity contribution in [3.8, 4) is 23.0 Å². The minimum Gasteiger partial charge on any atom is -0.508 e. The molecule has 2 aromatic carbocycles. The van der Waals surface area contributed by atoms with Crippen LogP contribution in [0.1, 0.15) is 50.1 Å². The fourth-order valence-electron chi connectivity index (χ4n) is 5.07. The normalized spacial score (nSPS) is 20.5. The predicted molar refractivity (Wildman–Crippen MR) is 137 cm³/mol. The van der Waals surface area contributed by atoms with Crippen LogP contribution in [0.25, 0.3) is 11.1 Å². The number of hydrogen-bond acceptors (Lipinski definition) is 6. The Kier molecular flexibility index (Phi) is 6.77. The van der Waals surface area contributed by atoms with Crippen molar-refractivity contribution in [2.75, 3.05) is 19.7 Å². The van der Waals surface area contributed by atoms with Gasteiger partial charge in [0.25, 0.3) is 0 Å². The SMILES string of the molecule is CC1=C(c2cc(O)c(F)c(F)c2)C(c2ccc(OC[C@H](C)N3CC[C@@H](C)C3)cn2)Oc2ccc(O)cc21. The van der Waals surface area contributed by atoms with Crippen molar-refractivity contribution in [1.29, 1.82) is 0 Å². The quantitative estimate of drug-likeness (QED) is 0.429. The van der Waals surface area contributed by atoms with E-state index in [1.807, 2.05) is 6.07 Å². The molecular formula is C29H30F2N2O4. The zero-order chi connectivity index (χ0) is 26.3. The number of pyridine rings is 1. The van der Waals surface area contributed by atoms with E-state index in [-0.39, 0.29) is 17.4 Å². The lowest BCUT2D eigenvalue weighted by molar-refractivity contribution is 0.168. The number of fused-ring (bicyclic) bond motifs is 1. The van der Waals surface area contributed by atoms with E-state index in [1.54, 1.807) is 31.3 Å². The van der Waals surface area contributed by atoms with Crippen LogP contribution in [0.2, 0.25) is 0 Å². The van der Waals surface area contributed by atoms with Crippen molar-refractivity contribution in [3.63, 3.8) is 0 Å². The molecule has 2 aliphatic heterocycles. The first-order valence-corrected chi connectivity index (χ1v) is 12.4. The molecule has 3 atom stereocenters. The first-order valence-electron chi connectivity index (χ1n) is 12.4. The molecule has 1 unspecified atom stereocenters. The van der Waals surface area contributed by atoms with Crippen LogP contribution in [0.5, 0.6) is 23.0 Å². The van der Waals surface area contributed by atoms with Crippen LogP contribution >= 0.6 is 0 Å². The van der Waals surface area contributed by atoms with Crippen LogP contribution in [-0.2, 0) is 0 Å². The average Bonchev–Trinajstić information content (AvgIpc) is 3.32. The summed E-state index contributed by atoms with van der Waals surface area (Å²) in [5.74, 6) is -1.39. The molecule has 5 rings (SSSR count). The van der Waals surface area contributed by atoms with E-state index < -0.39 is 23.5 Å². The van der Waals surface area contributed by atoms with Gasteiger partial charge in [0.1, 0.15) is 23.9 Å². The Morgan fingerprint density at radius 3 is 2.65 bits per heavy atom. The summed E-state index contributed by atoms with van der Waals surface area (Å²) < 4.78 is 40.4. The van der Waals surface area contributed by atoms with Crippen molar-refractivity contribution in [2.45, 2.75) is 39.3 Å². The number of halogens is 2. The van der Waals surface area contributed by atoms with Crippen LogP contribution in [0.4, 0.5) is 8.78 Å². The Morgan fingerprint density at radius 2 is 1.97 bits per heavy atom. The second kappa shape index (κ2) is 10.0. The molecule has 0 aliphatic carbocycles. The minimum absolute atomic E-state index is 0.0462. The molecule has 0 bridgehead atoms. The average molecular weight is 509 g/mol. The highest BCUT2D eigenvalue weighted by Gasteiger charge is 2.32. The van der Waals surface area contributed by atoms with Gasteiger partial charge in [-0.05, 0) is 86.3 Å². The van der Waals surface area contributed by atoms with E-state index in [0.29, 0.717) is 46.4 Å². The number of allylic oxidation sites excluding steroid dienone is 1. The van der Waals surface area contributed by atoms with E-state index in [2.05, 4.69) is 23.7 Å². The topological polar surface area (TPSA) is 75.1 Å². The third kappa shape index (κ3) is 4.98. The molecule has 6 nitrogen and oxygen atoms in total. The van der Waals surface area contributed by atoms with E-state index >= 15 is 0 Å². The maximum atomic E-state index is 14.3. The third-order valence-electron chi connectivity index (χ3n) is 7.20. The number of aromatic nitrogens is 1. The first kappa shape index (κ1) is 25.0. The van der Waals surface area contributed by atoms with Gasteiger partial charge >= 0.3 is 0 Å². The Hall–Kier alpha value is -3.65. The van der Waals surface area contributed by atoms with Crippen molar-refractivity contribution in [2.24, 2.45) is 5.92 Å². The van der Waals surface area contributed by atoms with Gasteiger partial charge in [0.2, 0.25) is 0 Å². The summed E-state index contributed by atoms with van der Waals surface area (Å²) >= 11 is 0. The molecule has 194 valence electrons. The zero-order valence-corrected chi connectivity index (χ0v) is 21.0. The van der Waals surface area contributed by atoms with Crippen molar-refractivity contribution < 1.29 is 28.5 Å². The van der Waals surface area contributed by atoms with Gasteiger partial charge in [-0.2, -0.15) is 4.39 Å². The molecule has 0 radical (unpaired) electrons. The predicted octanol–water partition coefficient (Wildman–Crippen LogP) is 5.94. The van der Waals surface area contributed by atoms with Crippen molar-refractivity contribution >= 4 is 11.1 Å². The number of hydrogen-bond donors (Lipinski definition) is 2. The van der Waals surface area contributed by atoms with Crippen LogP contribution in [-0.4, -0.2) is 45.8 Å². The van der Waals surface area contributed by atoms with Gasteiger partial charge in [-0.15, -0.1) is 0 Å². The number of phenolic OH excluding ortho intramolecular Hbond substituents is 2. The lowest BCUT2D eigenvalue weighted by atomic mass is 9.87. The molecule has 3 aromatic rings. The summed E-state index contributed by atoms with van der Waals surface area (Å²) in [6, 6.07) is 10.8. The number of benzene rings is 2. The van der Waals surface area contributed by atoms with Gasteiger partial charge in [0, 0.05) is 23.7 Å². The summed E-state index contributed by atoms with van der Waals surface area (Å²) in [6.45, 7) is 8.92. The molecule has 0 amide bonds. The summed E-state index contributed by atoms with van der Waals surface area (Å²) in [5.41, 5.74) is 2.59. The smallest absolute Gasteiger partial charge is 0.200 e. The summed E-state index contributed by atoms with van der Waals surface area (Å²) in [4.78, 5) is 7.00. The third-order valence-corrected chi connectivity index (χ3v) is 7.20. The molecule has 1 fully saturated rings. The lowest BCUT2D eigenvalue weighted by Gasteiger charge is -2.30. The van der Waals surface area contributed by atoms with Gasteiger partial charge in [0.05, 0.1) is 11.9 Å². The van der Waals surface area contributed by atoms with Crippen LogP contribution in [0, 0.1) is 17.6 Å². The van der Waals surface area contributed by atoms with E-state index in [0.717, 1.165) is 19.2 Å².